The number of methoxy groups -OCH3 is 3. The van der Waals surface area contributed by atoms with E-state index in [1.165, 1.54) is 27.7 Å². The van der Waals surface area contributed by atoms with E-state index in [9.17, 15) is 14.7 Å². The van der Waals surface area contributed by atoms with Crippen molar-refractivity contribution < 1.29 is 38.4 Å². The van der Waals surface area contributed by atoms with E-state index in [1.54, 1.807) is 0 Å². The molecule has 136 valence electrons. The van der Waals surface area contributed by atoms with Crippen LogP contribution >= 0.6 is 0 Å². The summed E-state index contributed by atoms with van der Waals surface area (Å²) in [7, 11) is 4.00. The van der Waals surface area contributed by atoms with Crippen LogP contribution in [0.2, 0.25) is 0 Å². The van der Waals surface area contributed by atoms with Gasteiger partial charge in [-0.25, -0.2) is 9.78 Å². The minimum Gasteiger partial charge on any atom is -0.481 e. The topological polar surface area (TPSA) is 129 Å². The van der Waals surface area contributed by atoms with Gasteiger partial charge in [-0.15, -0.1) is 0 Å². The van der Waals surface area contributed by atoms with Gasteiger partial charge >= 0.3 is 11.9 Å². The Morgan fingerprint density at radius 3 is 2.32 bits per heavy atom. The highest BCUT2D eigenvalue weighted by Crippen LogP contribution is 2.40. The number of carboxylic acid groups (broad SMARTS) is 1. The molecule has 2 aromatic rings. The van der Waals surface area contributed by atoms with Crippen molar-refractivity contribution in [2.75, 3.05) is 34.9 Å². The van der Waals surface area contributed by atoms with Crippen molar-refractivity contribution in [2.24, 2.45) is 0 Å². The first-order valence-corrected chi connectivity index (χ1v) is 7.10. The summed E-state index contributed by atoms with van der Waals surface area (Å²) in [4.78, 5) is 30.6. The highest BCUT2D eigenvalue weighted by molar-refractivity contribution is 6.04. The van der Waals surface area contributed by atoms with E-state index in [0.717, 1.165) is 0 Å². The Balaban J connectivity index is 2.80. The van der Waals surface area contributed by atoms with Crippen LogP contribution in [0.15, 0.2) is 6.33 Å². The van der Waals surface area contributed by atoms with Gasteiger partial charge in [-0.1, -0.05) is 0 Å². The molecule has 0 saturated carbocycles. The highest BCUT2D eigenvalue weighted by atomic mass is 16.7. The first-order chi connectivity index (χ1) is 12.0. The average Bonchev–Trinajstić information content (AvgIpc) is 3.07. The van der Waals surface area contributed by atoms with Gasteiger partial charge in [0.15, 0.2) is 25.1 Å². The van der Waals surface area contributed by atoms with Gasteiger partial charge in [0.1, 0.15) is 16.6 Å². The lowest BCUT2D eigenvalue weighted by Gasteiger charge is -2.18. The summed E-state index contributed by atoms with van der Waals surface area (Å²) in [5.41, 5.74) is 0.636. The predicted octanol–water partition coefficient (Wildman–Crippen LogP) is 0.942. The first-order valence-electron chi connectivity index (χ1n) is 7.10. The molecule has 0 amide bonds. The molecule has 0 saturated heterocycles. The normalized spacial score (nSPS) is 10.7. The number of fused-ring (bicyclic) bond motifs is 1. The lowest BCUT2D eigenvalue weighted by Crippen LogP contribution is -2.16. The lowest BCUT2D eigenvalue weighted by molar-refractivity contribution is -0.136. The van der Waals surface area contributed by atoms with Crippen molar-refractivity contribution in [1.82, 2.24) is 9.97 Å². The van der Waals surface area contributed by atoms with Crippen LogP contribution in [0.3, 0.4) is 0 Å². The number of carboxylic acids is 1. The van der Waals surface area contributed by atoms with Crippen LogP contribution in [-0.4, -0.2) is 61.9 Å². The Kier molecular flexibility index (Phi) is 6.14. The second kappa shape index (κ2) is 8.31. The van der Waals surface area contributed by atoms with Gasteiger partial charge in [-0.05, 0) is 0 Å². The van der Waals surface area contributed by atoms with Crippen molar-refractivity contribution in [3.8, 4) is 11.5 Å². The molecule has 0 aliphatic carbocycles. The second-order valence-corrected chi connectivity index (χ2v) is 4.80. The molecule has 10 nitrogen and oxygen atoms in total. The Labute approximate surface area is 142 Å². The number of nitrogens with one attached hydrogen (secondary N) is 1. The Morgan fingerprint density at radius 2 is 1.76 bits per heavy atom. The van der Waals surface area contributed by atoms with E-state index in [2.05, 4.69) is 9.97 Å². The Bertz CT molecular complexity index is 770. The molecule has 2 N–H and O–H groups in total. The molecule has 0 bridgehead atoms. The molecule has 25 heavy (non-hydrogen) atoms. The molecule has 0 aliphatic heterocycles. The van der Waals surface area contributed by atoms with E-state index in [4.69, 9.17) is 23.7 Å². The third-order valence-electron chi connectivity index (χ3n) is 3.24. The molecule has 1 aromatic heterocycles. The molecule has 1 aromatic carbocycles. The zero-order chi connectivity index (χ0) is 18.4. The number of esters is 1. The van der Waals surface area contributed by atoms with Gasteiger partial charge < -0.3 is 33.8 Å². The number of rotatable bonds is 9. The van der Waals surface area contributed by atoms with Gasteiger partial charge in [0.25, 0.3) is 0 Å². The molecule has 0 atom stereocenters. The minimum atomic E-state index is -1.16. The summed E-state index contributed by atoms with van der Waals surface area (Å²) in [5.74, 6) is -1.77. The number of aromatic amines is 1. The molecule has 1 heterocycles. The molecule has 0 spiro atoms. The van der Waals surface area contributed by atoms with Crippen molar-refractivity contribution in [3.05, 3.63) is 17.5 Å². The van der Waals surface area contributed by atoms with Gasteiger partial charge in [0.05, 0.1) is 19.9 Å². The number of ether oxygens (including phenoxy) is 5. The molecule has 10 heteroatoms. The molecule has 0 fully saturated rings. The molecular weight excluding hydrogens is 336 g/mol. The number of nitrogens with zero attached hydrogens (tertiary/aromatic N) is 1. The number of aliphatic carboxylic acids is 1. The summed E-state index contributed by atoms with van der Waals surface area (Å²) >= 11 is 0. The van der Waals surface area contributed by atoms with Crippen molar-refractivity contribution in [3.63, 3.8) is 0 Å². The SMILES string of the molecule is COCOc1c(C(=O)OC)c(CC(=O)O)c(OCOC)c2[nH]cnc12. The van der Waals surface area contributed by atoms with Crippen LogP contribution in [0, 0.1) is 0 Å². The molecule has 0 aliphatic rings. The van der Waals surface area contributed by atoms with Crippen LogP contribution in [0.1, 0.15) is 15.9 Å². The quantitative estimate of drug-likeness (QED) is 0.499. The number of carbonyl (C=O) groups is 2. The van der Waals surface area contributed by atoms with Crippen molar-refractivity contribution >= 4 is 23.0 Å². The number of H-pyrrole nitrogens is 1. The van der Waals surface area contributed by atoms with Gasteiger partial charge in [0, 0.05) is 19.8 Å². The third-order valence-corrected chi connectivity index (χ3v) is 3.24. The fraction of sp³-hybridized carbons (Fsp3) is 0.400. The van der Waals surface area contributed by atoms with Crippen LogP contribution in [-0.2, 0) is 25.4 Å². The maximum atomic E-state index is 12.3. The fourth-order valence-corrected chi connectivity index (χ4v) is 2.33. The largest absolute Gasteiger partial charge is 0.481 e. The summed E-state index contributed by atoms with van der Waals surface area (Å²) in [5, 5.41) is 9.26. The summed E-state index contributed by atoms with van der Waals surface area (Å²) < 4.78 is 25.5. The number of imidazole rings is 1. The van der Waals surface area contributed by atoms with E-state index in [0.29, 0.717) is 5.52 Å². The second-order valence-electron chi connectivity index (χ2n) is 4.80. The standard InChI is InChI=1S/C15H18N2O8/c1-21-6-24-13-8(4-9(18)19)10(15(20)23-3)14(25-7-22-2)12-11(13)16-5-17-12/h5H,4,6-7H2,1-3H3,(H,16,17)(H,18,19). The highest BCUT2D eigenvalue weighted by Gasteiger charge is 2.29. The van der Waals surface area contributed by atoms with Crippen molar-refractivity contribution in [2.45, 2.75) is 6.42 Å². The lowest BCUT2D eigenvalue weighted by atomic mass is 10.00. The zero-order valence-corrected chi connectivity index (χ0v) is 14.0. The van der Waals surface area contributed by atoms with Crippen LogP contribution < -0.4 is 9.47 Å². The maximum Gasteiger partial charge on any atom is 0.342 e. The van der Waals surface area contributed by atoms with E-state index in [-0.39, 0.29) is 41.7 Å². The van der Waals surface area contributed by atoms with Crippen LogP contribution in [0.5, 0.6) is 11.5 Å². The maximum absolute atomic E-state index is 12.3. The molecule has 0 radical (unpaired) electrons. The van der Waals surface area contributed by atoms with Crippen LogP contribution in [0.25, 0.3) is 11.0 Å². The number of hydrogen-bond donors (Lipinski definition) is 2. The first kappa shape index (κ1) is 18.5. The Morgan fingerprint density at radius 1 is 1.12 bits per heavy atom. The van der Waals surface area contributed by atoms with Crippen LogP contribution in [0.4, 0.5) is 0 Å². The third kappa shape index (κ3) is 3.80. The van der Waals surface area contributed by atoms with E-state index >= 15 is 0 Å². The van der Waals surface area contributed by atoms with Gasteiger partial charge in [-0.3, -0.25) is 4.79 Å². The van der Waals surface area contributed by atoms with E-state index in [1.807, 2.05) is 0 Å². The number of aromatic nitrogens is 2. The average molecular weight is 354 g/mol. The summed E-state index contributed by atoms with van der Waals surface area (Å²) in [6, 6.07) is 0. The van der Waals surface area contributed by atoms with Gasteiger partial charge in [-0.2, -0.15) is 0 Å². The number of benzene rings is 1. The fourth-order valence-electron chi connectivity index (χ4n) is 2.33. The molecule has 2 rings (SSSR count). The molecular formula is C15H18N2O8. The Hall–Kier alpha value is -2.85. The number of hydrogen-bond acceptors (Lipinski definition) is 8. The number of carbonyl (C=O) groups excluding carboxylic acids is 1. The predicted molar refractivity (Wildman–Crippen MR) is 83.8 cm³/mol. The summed E-state index contributed by atoms with van der Waals surface area (Å²) in [6.45, 7) is -0.323. The monoisotopic (exact) mass is 354 g/mol. The van der Waals surface area contributed by atoms with Gasteiger partial charge in [0.2, 0.25) is 0 Å². The smallest absolute Gasteiger partial charge is 0.342 e. The van der Waals surface area contributed by atoms with E-state index < -0.39 is 18.4 Å². The molecule has 0 unspecified atom stereocenters. The minimum absolute atomic E-state index is 0.0472. The zero-order valence-electron chi connectivity index (χ0n) is 14.0. The summed E-state index contributed by atoms with van der Waals surface area (Å²) in [6.07, 6.45) is 0.872. The van der Waals surface area contributed by atoms with Crippen molar-refractivity contribution in [1.29, 1.82) is 0 Å².